The number of piperidine rings is 1. The van der Waals surface area contributed by atoms with Crippen LogP contribution in [0.15, 0.2) is 82.4 Å². The summed E-state index contributed by atoms with van der Waals surface area (Å²) >= 11 is 0. The topological polar surface area (TPSA) is 136 Å². The number of allylic oxidation sites excluding steroid dienone is 1. The molecule has 10 nitrogen and oxygen atoms in total. The number of carbonyl (C=O) groups excluding carboxylic acids is 2. The fraction of sp³-hybridized carbons (Fsp3) is 0.321. The number of amides is 1. The Morgan fingerprint density at radius 1 is 1.18 bits per heavy atom. The summed E-state index contributed by atoms with van der Waals surface area (Å²) in [5.74, 6) is 6.92. The third-order valence-electron chi connectivity index (χ3n) is 7.74. The molecule has 2 fully saturated rings. The van der Waals surface area contributed by atoms with Crippen molar-refractivity contribution in [2.45, 2.75) is 19.3 Å². The number of anilines is 1. The van der Waals surface area contributed by atoms with Crippen molar-refractivity contribution in [2.24, 2.45) is 33.6 Å². The molecule has 3 N–H and O–H groups in total. The molecule has 1 saturated carbocycles. The van der Waals surface area contributed by atoms with Crippen LogP contribution >= 0.6 is 0 Å². The molecular weight excluding hydrogens is 482 g/mol. The van der Waals surface area contributed by atoms with E-state index < -0.39 is 5.97 Å². The smallest absolute Gasteiger partial charge is 0.264 e. The molecule has 194 valence electrons. The number of amidine groups is 1. The van der Waals surface area contributed by atoms with E-state index >= 15 is 0 Å². The number of nitrogens with two attached hydrogens (primary N) is 1. The van der Waals surface area contributed by atoms with E-state index in [2.05, 4.69) is 20.2 Å². The first kappa shape index (κ1) is 24.4. The van der Waals surface area contributed by atoms with Gasteiger partial charge in [0.2, 0.25) is 5.70 Å². The number of nitrogens with zero attached hydrogens (tertiary/aromatic N) is 5. The van der Waals surface area contributed by atoms with Gasteiger partial charge < -0.3 is 20.1 Å². The summed E-state index contributed by atoms with van der Waals surface area (Å²) in [6, 6.07) is 12.6. The average Bonchev–Trinajstić information content (AvgIpc) is 3.63. The number of hydrogen-bond acceptors (Lipinski definition) is 8. The normalized spacial score (nSPS) is 28.1. The number of carboxylic acids is 1. The number of nitrogens with one attached hydrogen (secondary N) is 1. The van der Waals surface area contributed by atoms with Crippen LogP contribution in [-0.2, 0) is 4.79 Å². The van der Waals surface area contributed by atoms with Gasteiger partial charge in [-0.05, 0) is 68.1 Å². The van der Waals surface area contributed by atoms with E-state index in [1.165, 1.54) is 0 Å². The molecule has 3 unspecified atom stereocenters. The van der Waals surface area contributed by atoms with Gasteiger partial charge in [-0.15, -0.1) is 4.59 Å². The molecule has 1 amide bonds. The van der Waals surface area contributed by atoms with Crippen LogP contribution in [0.25, 0.3) is 0 Å². The summed E-state index contributed by atoms with van der Waals surface area (Å²) in [6.45, 7) is 2.52. The molecular formula is C28H29N7O3. The number of hydrogen-bond donors (Lipinski definition) is 2. The zero-order valence-corrected chi connectivity index (χ0v) is 20.9. The van der Waals surface area contributed by atoms with Gasteiger partial charge in [0.1, 0.15) is 17.7 Å². The fourth-order valence-electron chi connectivity index (χ4n) is 5.62. The van der Waals surface area contributed by atoms with E-state index in [1.807, 2.05) is 24.4 Å². The minimum atomic E-state index is -0.936. The van der Waals surface area contributed by atoms with Crippen LogP contribution in [-0.4, -0.2) is 58.0 Å². The molecule has 4 heterocycles. The number of carboxylic acid groups (broad SMARTS) is 1. The maximum atomic E-state index is 12.7. The van der Waals surface area contributed by atoms with Gasteiger partial charge in [0.05, 0.1) is 18.0 Å². The van der Waals surface area contributed by atoms with Crippen LogP contribution in [0, 0.1) is 17.8 Å². The van der Waals surface area contributed by atoms with E-state index in [9.17, 15) is 14.7 Å². The monoisotopic (exact) mass is 511 g/mol. The molecule has 4 atom stereocenters. The highest BCUT2D eigenvalue weighted by Crippen LogP contribution is 2.41. The molecule has 10 heteroatoms. The van der Waals surface area contributed by atoms with Crippen LogP contribution in [0.4, 0.5) is 5.82 Å². The second kappa shape index (κ2) is 9.71. The summed E-state index contributed by atoms with van der Waals surface area (Å²) in [5.41, 5.74) is 3.08. The average molecular weight is 512 g/mol. The molecule has 38 heavy (non-hydrogen) atoms. The van der Waals surface area contributed by atoms with Gasteiger partial charge in [-0.3, -0.25) is 9.79 Å². The first-order valence-corrected chi connectivity index (χ1v) is 12.9. The second-order valence-electron chi connectivity index (χ2n) is 10.3. The van der Waals surface area contributed by atoms with Crippen LogP contribution in [0.3, 0.4) is 0 Å². The van der Waals surface area contributed by atoms with E-state index in [0.717, 1.165) is 49.4 Å². The van der Waals surface area contributed by atoms with Crippen molar-refractivity contribution >= 4 is 29.7 Å². The Morgan fingerprint density at radius 3 is 2.76 bits per heavy atom. The number of fused-ring (bicyclic) bond motifs is 1. The minimum Gasteiger partial charge on any atom is -0.550 e. The van der Waals surface area contributed by atoms with Gasteiger partial charge in [-0.1, -0.05) is 6.07 Å². The van der Waals surface area contributed by atoms with Gasteiger partial charge in [-0.25, -0.2) is 4.98 Å². The van der Waals surface area contributed by atoms with Crippen molar-refractivity contribution in [3.63, 3.8) is 0 Å². The molecule has 0 bridgehead atoms. The maximum absolute atomic E-state index is 12.7. The van der Waals surface area contributed by atoms with Crippen molar-refractivity contribution < 1.29 is 19.3 Å². The molecule has 0 spiro atoms. The zero-order chi connectivity index (χ0) is 26.3. The van der Waals surface area contributed by atoms with Gasteiger partial charge in [0.25, 0.3) is 11.7 Å². The third-order valence-corrected chi connectivity index (χ3v) is 7.74. The molecule has 3 aliphatic heterocycles. The largest absolute Gasteiger partial charge is 0.550 e. The van der Waals surface area contributed by atoms with E-state index in [1.54, 1.807) is 42.9 Å². The Morgan fingerprint density at radius 2 is 2.03 bits per heavy atom. The number of benzene rings is 1. The summed E-state index contributed by atoms with van der Waals surface area (Å²) in [5, 5.41) is 14.0. The zero-order valence-electron chi connectivity index (χ0n) is 20.9. The number of likely N-dealkylation sites (tertiary alicyclic amines) is 1. The molecule has 2 aromatic rings. The number of aliphatic carboxylic acids is 1. The van der Waals surface area contributed by atoms with E-state index in [-0.39, 0.29) is 28.3 Å². The Bertz CT molecular complexity index is 1380. The van der Waals surface area contributed by atoms with Crippen LogP contribution in [0.5, 0.6) is 0 Å². The quantitative estimate of drug-likeness (QED) is 0.429. The Balaban J connectivity index is 1.22. The van der Waals surface area contributed by atoms with E-state index in [0.29, 0.717) is 23.6 Å². The first-order valence-electron chi connectivity index (χ1n) is 12.9. The number of aliphatic imine (C=N–C) groups is 2. The Kier molecular flexibility index (Phi) is 6.22. The van der Waals surface area contributed by atoms with Gasteiger partial charge >= 0.3 is 0 Å². The lowest BCUT2D eigenvalue weighted by Gasteiger charge is -2.33. The lowest BCUT2D eigenvalue weighted by molar-refractivity contribution is -0.750. The van der Waals surface area contributed by atoms with Crippen LogP contribution < -0.4 is 16.3 Å². The molecule has 1 aromatic heterocycles. The highest BCUT2D eigenvalue weighted by Gasteiger charge is 2.47. The number of aromatic nitrogens is 1. The van der Waals surface area contributed by atoms with Crippen molar-refractivity contribution in [3.8, 4) is 0 Å². The molecule has 1 aliphatic carbocycles. The summed E-state index contributed by atoms with van der Waals surface area (Å²) < 4.78 is -0.0792. The Hall–Kier alpha value is -3.99. The van der Waals surface area contributed by atoms with Crippen LogP contribution in [0.2, 0.25) is 0 Å². The van der Waals surface area contributed by atoms with Gasteiger partial charge in [-0.2, -0.15) is 10.8 Å². The number of carbonyl (C=O) groups is 2. The second-order valence-corrected chi connectivity index (χ2v) is 10.3. The summed E-state index contributed by atoms with van der Waals surface area (Å²) in [4.78, 5) is 39.8. The molecule has 4 aliphatic rings. The van der Waals surface area contributed by atoms with Crippen molar-refractivity contribution in [3.05, 3.63) is 83.6 Å². The van der Waals surface area contributed by atoms with Crippen LogP contribution in [0.1, 0.15) is 35.2 Å². The summed E-state index contributed by atoms with van der Waals surface area (Å²) in [6.07, 6.45) is 9.59. The minimum absolute atomic E-state index is 0.0792. The highest BCUT2D eigenvalue weighted by molar-refractivity contribution is 6.05. The Labute approximate surface area is 220 Å². The maximum Gasteiger partial charge on any atom is 0.264 e. The fourth-order valence-corrected chi connectivity index (χ4v) is 5.62. The van der Waals surface area contributed by atoms with E-state index in [4.69, 9.17) is 10.8 Å². The van der Waals surface area contributed by atoms with Crippen molar-refractivity contribution in [1.82, 2.24) is 9.88 Å². The van der Waals surface area contributed by atoms with Crippen molar-refractivity contribution in [1.29, 1.82) is 0 Å². The standard InChI is InChI=1S/C28H29N7O3/c29-35-13-11-30-15-23(35)25(20-4-3-12-34(16-20)17-21-14-22(21)28(37)38)33-26(35)18-6-8-19(9-7-18)27(36)32-24-5-1-2-10-31-24/h1-2,5-11,13,15,20-22H,3-4,12,14,16-17,29H2,(H-,31,32,36,37,38)/t20-,21?,22?,35?/m1/s1. The highest BCUT2D eigenvalue weighted by atomic mass is 16.4. The lowest BCUT2D eigenvalue weighted by Crippen LogP contribution is -2.53. The molecule has 1 aromatic carbocycles. The van der Waals surface area contributed by atoms with Gasteiger partial charge in [0.15, 0.2) is 0 Å². The van der Waals surface area contributed by atoms with Crippen molar-refractivity contribution in [2.75, 3.05) is 25.0 Å². The number of quaternary nitrogens is 1. The SMILES string of the molecule is N[N+]12C=CN=CC1=C([C@@H]1CCCN(CC3CC3C(=O)[O-])C1)N=C2c1ccc(C(=O)Nc2ccccn2)cc1. The molecule has 6 rings (SSSR count). The predicted molar refractivity (Wildman–Crippen MR) is 140 cm³/mol. The predicted octanol–water partition coefficient (Wildman–Crippen LogP) is 1.65. The third kappa shape index (κ3) is 4.58. The number of rotatable bonds is 7. The van der Waals surface area contributed by atoms with Gasteiger partial charge in [0, 0.05) is 42.7 Å². The lowest BCUT2D eigenvalue weighted by atomic mass is 9.93. The molecule has 1 saturated heterocycles. The molecule has 0 radical (unpaired) electrons. The number of pyridine rings is 1. The summed E-state index contributed by atoms with van der Waals surface area (Å²) in [7, 11) is 0. The first-order chi connectivity index (χ1) is 18.4.